The predicted octanol–water partition coefficient (Wildman–Crippen LogP) is 2.17. The van der Waals surface area contributed by atoms with Crippen molar-refractivity contribution in [3.63, 3.8) is 0 Å². The maximum Gasteiger partial charge on any atom is 0.327 e. The molecule has 0 aromatic heterocycles. The number of thiocarbonyl (C=S) groups is 1. The van der Waals surface area contributed by atoms with E-state index < -0.39 is 23.5 Å². The molecule has 1 saturated heterocycles. The number of nitrogens with zero attached hydrogens (tertiary/aromatic N) is 2. The standard InChI is InChI=1S/C17H20N2O4S/c1-17(2)15(22)19(16(23)18(17)3)10-9-12(14(20)21)13(24)11-7-5-4-6-8-11/h4-8,12H,9-10H2,1-3H3,(H,20,21)/t12-/m1/s1. The van der Waals surface area contributed by atoms with Crippen LogP contribution in [0.1, 0.15) is 25.8 Å². The summed E-state index contributed by atoms with van der Waals surface area (Å²) in [6, 6.07) is 8.47. The summed E-state index contributed by atoms with van der Waals surface area (Å²) in [4.78, 5) is 38.9. The third kappa shape index (κ3) is 3.17. The zero-order valence-corrected chi connectivity index (χ0v) is 14.7. The van der Waals surface area contributed by atoms with Crippen LogP contribution in [0.3, 0.4) is 0 Å². The number of aliphatic carboxylic acids is 1. The summed E-state index contributed by atoms with van der Waals surface area (Å²) >= 11 is 5.31. The first-order valence-electron chi connectivity index (χ1n) is 7.59. The van der Waals surface area contributed by atoms with Crippen LogP contribution in [0, 0.1) is 5.92 Å². The predicted molar refractivity (Wildman–Crippen MR) is 92.8 cm³/mol. The Kier molecular flexibility index (Phi) is 5.03. The van der Waals surface area contributed by atoms with E-state index in [1.807, 2.05) is 6.07 Å². The van der Waals surface area contributed by atoms with Crippen LogP contribution >= 0.6 is 12.2 Å². The van der Waals surface area contributed by atoms with E-state index in [2.05, 4.69) is 0 Å². The fourth-order valence-electron chi connectivity index (χ4n) is 2.61. The Balaban J connectivity index is 2.13. The van der Waals surface area contributed by atoms with Crippen molar-refractivity contribution in [1.29, 1.82) is 0 Å². The van der Waals surface area contributed by atoms with Gasteiger partial charge in [0.15, 0.2) is 0 Å². The van der Waals surface area contributed by atoms with Crippen molar-refractivity contribution in [3.8, 4) is 0 Å². The summed E-state index contributed by atoms with van der Waals surface area (Å²) in [5.41, 5.74) is -0.258. The van der Waals surface area contributed by atoms with Crippen molar-refractivity contribution in [3.05, 3.63) is 35.9 Å². The maximum absolute atomic E-state index is 12.4. The number of benzene rings is 1. The second-order valence-electron chi connectivity index (χ2n) is 6.27. The Hall–Kier alpha value is -2.28. The van der Waals surface area contributed by atoms with Crippen LogP contribution in [0.25, 0.3) is 0 Å². The van der Waals surface area contributed by atoms with Gasteiger partial charge in [-0.1, -0.05) is 42.5 Å². The molecule has 0 radical (unpaired) electrons. The topological polar surface area (TPSA) is 77.9 Å². The maximum atomic E-state index is 12.4. The van der Waals surface area contributed by atoms with Crippen molar-refractivity contribution in [2.24, 2.45) is 5.92 Å². The summed E-state index contributed by atoms with van der Waals surface area (Å²) < 4.78 is 0. The SMILES string of the molecule is CN1C(=O)N(CC[C@@H](C(=O)O)C(=S)c2ccccc2)C(=O)C1(C)C. The van der Waals surface area contributed by atoms with Crippen LogP contribution < -0.4 is 0 Å². The van der Waals surface area contributed by atoms with Crippen molar-refractivity contribution < 1.29 is 19.5 Å². The molecule has 7 heteroatoms. The second kappa shape index (κ2) is 6.68. The molecule has 0 unspecified atom stereocenters. The van der Waals surface area contributed by atoms with E-state index in [0.29, 0.717) is 10.4 Å². The number of likely N-dealkylation sites (N-methyl/N-ethyl adjacent to an activating group) is 1. The Morgan fingerprint density at radius 1 is 1.25 bits per heavy atom. The summed E-state index contributed by atoms with van der Waals surface area (Å²) in [6.45, 7) is 3.35. The molecule has 24 heavy (non-hydrogen) atoms. The number of carboxylic acids is 1. The van der Waals surface area contributed by atoms with Crippen LogP contribution in [0.2, 0.25) is 0 Å². The van der Waals surface area contributed by atoms with Gasteiger partial charge in [0.05, 0.1) is 5.92 Å². The fourth-order valence-corrected chi connectivity index (χ4v) is 2.96. The molecule has 1 fully saturated rings. The number of hydrogen-bond donors (Lipinski definition) is 1. The Bertz CT molecular complexity index is 687. The van der Waals surface area contributed by atoms with Gasteiger partial charge in [-0.05, 0) is 25.8 Å². The van der Waals surface area contributed by atoms with Crippen LogP contribution in [0.5, 0.6) is 0 Å². The van der Waals surface area contributed by atoms with Gasteiger partial charge in [0.1, 0.15) is 5.54 Å². The fraction of sp³-hybridized carbons (Fsp3) is 0.412. The smallest absolute Gasteiger partial charge is 0.327 e. The first kappa shape index (κ1) is 18.1. The van der Waals surface area contributed by atoms with E-state index in [1.54, 1.807) is 45.2 Å². The molecule has 0 aliphatic carbocycles. The zero-order valence-electron chi connectivity index (χ0n) is 13.9. The molecule has 1 aliphatic heterocycles. The van der Waals surface area contributed by atoms with E-state index in [4.69, 9.17) is 12.2 Å². The summed E-state index contributed by atoms with van der Waals surface area (Å²) in [5.74, 6) is -2.32. The summed E-state index contributed by atoms with van der Waals surface area (Å²) in [6.07, 6.45) is 0.0878. The molecule has 0 saturated carbocycles. The third-order valence-electron chi connectivity index (χ3n) is 4.44. The first-order chi connectivity index (χ1) is 11.2. The second-order valence-corrected chi connectivity index (χ2v) is 6.71. The van der Waals surface area contributed by atoms with Gasteiger partial charge in [-0.3, -0.25) is 14.5 Å². The molecule has 0 spiro atoms. The number of urea groups is 1. The highest BCUT2D eigenvalue weighted by molar-refractivity contribution is 7.81. The molecule has 1 aromatic carbocycles. The number of imide groups is 1. The number of hydrogen-bond acceptors (Lipinski definition) is 4. The number of carbonyl (C=O) groups is 3. The minimum atomic E-state index is -1.06. The Morgan fingerprint density at radius 2 is 1.83 bits per heavy atom. The van der Waals surface area contributed by atoms with E-state index >= 15 is 0 Å². The highest BCUT2D eigenvalue weighted by Crippen LogP contribution is 2.26. The first-order valence-corrected chi connectivity index (χ1v) is 8.00. The lowest BCUT2D eigenvalue weighted by Gasteiger charge is -2.22. The van der Waals surface area contributed by atoms with Gasteiger partial charge in [0, 0.05) is 18.5 Å². The van der Waals surface area contributed by atoms with Crippen molar-refractivity contribution >= 4 is 35.0 Å². The molecule has 3 amide bonds. The lowest BCUT2D eigenvalue weighted by atomic mass is 9.95. The van der Waals surface area contributed by atoms with E-state index in [9.17, 15) is 19.5 Å². The summed E-state index contributed by atoms with van der Waals surface area (Å²) in [7, 11) is 1.56. The minimum Gasteiger partial charge on any atom is -0.481 e. The third-order valence-corrected chi connectivity index (χ3v) is 4.96. The summed E-state index contributed by atoms with van der Waals surface area (Å²) in [5, 5.41) is 9.48. The molecule has 1 heterocycles. The van der Waals surface area contributed by atoms with Crippen molar-refractivity contribution in [2.75, 3.05) is 13.6 Å². The highest BCUT2D eigenvalue weighted by Gasteiger charge is 2.49. The van der Waals surface area contributed by atoms with Crippen LogP contribution in [-0.4, -0.2) is 56.8 Å². The van der Waals surface area contributed by atoms with E-state index in [0.717, 1.165) is 4.90 Å². The van der Waals surface area contributed by atoms with Gasteiger partial charge in [0.25, 0.3) is 5.91 Å². The molecular weight excluding hydrogens is 328 g/mol. The minimum absolute atomic E-state index is 0.0232. The molecule has 1 aromatic rings. The largest absolute Gasteiger partial charge is 0.481 e. The molecule has 2 rings (SSSR count). The normalized spacial score (nSPS) is 18.0. The van der Waals surface area contributed by atoms with Crippen LogP contribution in [0.4, 0.5) is 4.79 Å². The number of carbonyl (C=O) groups excluding carboxylic acids is 2. The quantitative estimate of drug-likeness (QED) is 0.484. The zero-order chi connectivity index (χ0) is 18.1. The van der Waals surface area contributed by atoms with Gasteiger partial charge in [-0.15, -0.1) is 0 Å². The molecule has 1 atom stereocenters. The lowest BCUT2D eigenvalue weighted by molar-refractivity contribution is -0.140. The van der Waals surface area contributed by atoms with E-state index in [1.165, 1.54) is 4.90 Å². The molecule has 0 bridgehead atoms. The average Bonchev–Trinajstić information content (AvgIpc) is 2.69. The lowest BCUT2D eigenvalue weighted by Crippen LogP contribution is -2.41. The van der Waals surface area contributed by atoms with Crippen molar-refractivity contribution in [1.82, 2.24) is 9.80 Å². The number of rotatable bonds is 6. The van der Waals surface area contributed by atoms with Gasteiger partial charge in [-0.2, -0.15) is 0 Å². The van der Waals surface area contributed by atoms with Crippen molar-refractivity contribution in [2.45, 2.75) is 25.8 Å². The van der Waals surface area contributed by atoms with Gasteiger partial charge in [-0.25, -0.2) is 4.79 Å². The Labute approximate surface area is 146 Å². The monoisotopic (exact) mass is 348 g/mol. The molecule has 1 N–H and O–H groups in total. The molecule has 1 aliphatic rings. The van der Waals surface area contributed by atoms with Gasteiger partial charge in [0.2, 0.25) is 0 Å². The molecular formula is C17H20N2O4S. The number of amides is 3. The van der Waals surface area contributed by atoms with Crippen LogP contribution in [-0.2, 0) is 9.59 Å². The average molecular weight is 348 g/mol. The molecule has 6 nitrogen and oxygen atoms in total. The highest BCUT2D eigenvalue weighted by atomic mass is 32.1. The molecule has 128 valence electrons. The van der Waals surface area contributed by atoms with Gasteiger partial charge >= 0.3 is 12.0 Å². The van der Waals surface area contributed by atoms with Gasteiger partial charge < -0.3 is 10.0 Å². The Morgan fingerprint density at radius 3 is 2.29 bits per heavy atom. The van der Waals surface area contributed by atoms with Crippen LogP contribution in [0.15, 0.2) is 30.3 Å². The van der Waals surface area contributed by atoms with E-state index in [-0.39, 0.29) is 18.9 Å². The number of carboxylic acid groups (broad SMARTS) is 1.